The third kappa shape index (κ3) is 7.00. The summed E-state index contributed by atoms with van der Waals surface area (Å²) in [6.07, 6.45) is 4.92. The zero-order chi connectivity index (χ0) is 25.3. The highest BCUT2D eigenvalue weighted by molar-refractivity contribution is 6.30. The summed E-state index contributed by atoms with van der Waals surface area (Å²) in [7, 11) is 2.02. The largest absolute Gasteiger partial charge is 0.438 e. The average Bonchev–Trinajstić information content (AvgIpc) is 2.90. The number of pyridine rings is 2. The van der Waals surface area contributed by atoms with Crippen LogP contribution in [0.2, 0.25) is 5.02 Å². The first-order chi connectivity index (χ1) is 17.5. The molecular formula is C26H28ClN5O4. The van der Waals surface area contributed by atoms with Crippen molar-refractivity contribution in [1.29, 1.82) is 0 Å². The van der Waals surface area contributed by atoms with Crippen molar-refractivity contribution in [2.45, 2.75) is 12.6 Å². The lowest BCUT2D eigenvalue weighted by molar-refractivity contribution is -0.136. The van der Waals surface area contributed by atoms with Crippen LogP contribution < -0.4 is 10.1 Å². The molecule has 1 atom stereocenters. The van der Waals surface area contributed by atoms with Gasteiger partial charge in [-0.25, -0.2) is 4.98 Å². The predicted octanol–water partition coefficient (Wildman–Crippen LogP) is 3.01. The topological polar surface area (TPSA) is 96.9 Å². The van der Waals surface area contributed by atoms with Crippen LogP contribution in [0.25, 0.3) is 0 Å². The number of amides is 2. The molecule has 188 valence electrons. The van der Waals surface area contributed by atoms with E-state index in [1.807, 2.05) is 19.2 Å². The summed E-state index contributed by atoms with van der Waals surface area (Å²) >= 11 is 5.95. The van der Waals surface area contributed by atoms with E-state index < -0.39 is 11.9 Å². The molecule has 3 heterocycles. The molecule has 0 spiro atoms. The number of benzene rings is 1. The third-order valence-corrected chi connectivity index (χ3v) is 5.99. The molecule has 10 heteroatoms. The highest BCUT2D eigenvalue weighted by Crippen LogP contribution is 2.24. The molecule has 1 aliphatic rings. The molecule has 36 heavy (non-hydrogen) atoms. The highest BCUT2D eigenvalue weighted by Gasteiger charge is 2.29. The van der Waals surface area contributed by atoms with E-state index in [0.29, 0.717) is 23.9 Å². The first kappa shape index (κ1) is 25.6. The number of hydrogen-bond acceptors (Lipinski definition) is 7. The van der Waals surface area contributed by atoms with E-state index in [1.165, 1.54) is 6.20 Å². The van der Waals surface area contributed by atoms with Crippen molar-refractivity contribution < 1.29 is 19.1 Å². The van der Waals surface area contributed by atoms with Gasteiger partial charge in [0.2, 0.25) is 11.8 Å². The molecule has 0 saturated carbocycles. The number of likely N-dealkylation sites (N-methyl/N-ethyl adjacent to an activating group) is 1. The van der Waals surface area contributed by atoms with Gasteiger partial charge in [0.1, 0.15) is 17.4 Å². The Morgan fingerprint density at radius 1 is 1.06 bits per heavy atom. The monoisotopic (exact) mass is 509 g/mol. The Bertz CT molecular complexity index is 1150. The number of hydrogen-bond donors (Lipinski definition) is 1. The van der Waals surface area contributed by atoms with Gasteiger partial charge in [0, 0.05) is 49.8 Å². The van der Waals surface area contributed by atoms with Crippen LogP contribution in [0.4, 0.5) is 0 Å². The second-order valence-electron chi connectivity index (χ2n) is 8.44. The number of carbonyl (C=O) groups excluding carboxylic acids is 2. The number of carbonyl (C=O) groups is 2. The van der Waals surface area contributed by atoms with Crippen molar-refractivity contribution in [1.82, 2.24) is 25.1 Å². The van der Waals surface area contributed by atoms with Crippen molar-refractivity contribution >= 4 is 23.4 Å². The molecule has 0 bridgehead atoms. The van der Waals surface area contributed by atoms with Gasteiger partial charge in [0.15, 0.2) is 0 Å². The fraction of sp³-hybridized carbons (Fsp3) is 0.308. The molecule has 1 saturated heterocycles. The van der Waals surface area contributed by atoms with Crippen LogP contribution in [-0.4, -0.2) is 77.5 Å². The second kappa shape index (κ2) is 12.4. The smallest absolute Gasteiger partial charge is 0.257 e. The molecule has 2 amide bonds. The summed E-state index contributed by atoms with van der Waals surface area (Å²) in [4.78, 5) is 38.9. The molecule has 1 fully saturated rings. The maximum absolute atomic E-state index is 13.4. The lowest BCUT2D eigenvalue weighted by Gasteiger charge is -2.34. The summed E-state index contributed by atoms with van der Waals surface area (Å²) in [6, 6.07) is 12.8. The molecule has 0 aliphatic carbocycles. The van der Waals surface area contributed by atoms with Crippen LogP contribution in [-0.2, 0) is 16.1 Å². The van der Waals surface area contributed by atoms with Gasteiger partial charge in [-0.15, -0.1) is 0 Å². The molecule has 0 radical (unpaired) electrons. The Morgan fingerprint density at radius 2 is 1.81 bits per heavy atom. The summed E-state index contributed by atoms with van der Waals surface area (Å²) in [5.41, 5.74) is 1.08. The van der Waals surface area contributed by atoms with Crippen molar-refractivity contribution in [3.8, 4) is 11.6 Å². The Balaban J connectivity index is 1.48. The minimum absolute atomic E-state index is 0.0133. The van der Waals surface area contributed by atoms with E-state index in [-0.39, 0.29) is 30.6 Å². The van der Waals surface area contributed by atoms with Crippen LogP contribution in [0.5, 0.6) is 11.6 Å². The van der Waals surface area contributed by atoms with Gasteiger partial charge in [-0.3, -0.25) is 14.6 Å². The molecule has 1 unspecified atom stereocenters. The maximum atomic E-state index is 13.4. The molecule has 3 aromatic rings. The van der Waals surface area contributed by atoms with Gasteiger partial charge in [0.25, 0.3) is 5.91 Å². The van der Waals surface area contributed by atoms with Crippen LogP contribution in [0.15, 0.2) is 67.1 Å². The maximum Gasteiger partial charge on any atom is 0.257 e. The fourth-order valence-electron chi connectivity index (χ4n) is 3.70. The molecule has 1 aliphatic heterocycles. The number of piperazine rings is 1. The van der Waals surface area contributed by atoms with Crippen molar-refractivity contribution in [2.75, 3.05) is 39.8 Å². The zero-order valence-corrected chi connectivity index (χ0v) is 20.7. The number of ether oxygens (including phenoxy) is 2. The van der Waals surface area contributed by atoms with Crippen molar-refractivity contribution in [2.24, 2.45) is 0 Å². The third-order valence-electron chi connectivity index (χ3n) is 5.74. The quantitative estimate of drug-likeness (QED) is 0.473. The zero-order valence-electron chi connectivity index (χ0n) is 20.0. The Hall–Kier alpha value is -3.53. The minimum atomic E-state index is -0.874. The number of halogens is 1. The molecule has 4 rings (SSSR count). The van der Waals surface area contributed by atoms with Gasteiger partial charge < -0.3 is 24.6 Å². The van der Waals surface area contributed by atoms with Crippen LogP contribution in [0.1, 0.15) is 15.9 Å². The summed E-state index contributed by atoms with van der Waals surface area (Å²) in [5.74, 6) is -0.0624. The Kier molecular flexibility index (Phi) is 8.83. The van der Waals surface area contributed by atoms with Crippen molar-refractivity contribution in [3.63, 3.8) is 0 Å². The van der Waals surface area contributed by atoms with Gasteiger partial charge in [-0.05, 0) is 55.1 Å². The standard InChI is InChI=1S/C26H28ClN5O4/c1-31-12-14-32(15-13-31)26(34)23(18-35-17-19-4-2-10-28-16-19)30-24(33)22-5-3-11-29-25(22)36-21-8-6-20(27)7-9-21/h2-11,16,23H,12-15,17-18H2,1H3,(H,30,33). The van der Waals surface area contributed by atoms with Crippen LogP contribution >= 0.6 is 11.6 Å². The molecule has 9 nitrogen and oxygen atoms in total. The van der Waals surface area contributed by atoms with Gasteiger partial charge in [-0.1, -0.05) is 17.7 Å². The Morgan fingerprint density at radius 3 is 2.53 bits per heavy atom. The second-order valence-corrected chi connectivity index (χ2v) is 8.88. The molecular weight excluding hydrogens is 482 g/mol. The van der Waals surface area contributed by atoms with E-state index in [4.69, 9.17) is 21.1 Å². The van der Waals surface area contributed by atoms with E-state index in [1.54, 1.807) is 53.7 Å². The first-order valence-electron chi connectivity index (χ1n) is 11.6. The van der Waals surface area contributed by atoms with E-state index in [0.717, 1.165) is 18.7 Å². The summed E-state index contributed by atoms with van der Waals surface area (Å²) in [5, 5.41) is 3.41. The van der Waals surface area contributed by atoms with Gasteiger partial charge in [-0.2, -0.15) is 0 Å². The lowest BCUT2D eigenvalue weighted by Crippen LogP contribution is -2.55. The average molecular weight is 510 g/mol. The lowest BCUT2D eigenvalue weighted by atomic mass is 10.2. The highest BCUT2D eigenvalue weighted by atomic mass is 35.5. The molecule has 2 aromatic heterocycles. The number of nitrogens with zero attached hydrogens (tertiary/aromatic N) is 4. The van der Waals surface area contributed by atoms with E-state index >= 15 is 0 Å². The van der Waals surface area contributed by atoms with E-state index in [2.05, 4.69) is 20.2 Å². The fourth-order valence-corrected chi connectivity index (χ4v) is 3.82. The first-order valence-corrected chi connectivity index (χ1v) is 12.0. The Labute approximate surface area is 215 Å². The predicted molar refractivity (Wildman–Crippen MR) is 135 cm³/mol. The molecule has 1 N–H and O–H groups in total. The van der Waals surface area contributed by atoms with Crippen LogP contribution in [0, 0.1) is 0 Å². The van der Waals surface area contributed by atoms with Gasteiger partial charge >= 0.3 is 0 Å². The summed E-state index contributed by atoms with van der Waals surface area (Å²) < 4.78 is 11.6. The van der Waals surface area contributed by atoms with Crippen molar-refractivity contribution in [3.05, 3.63) is 83.3 Å². The minimum Gasteiger partial charge on any atom is -0.438 e. The SMILES string of the molecule is CN1CCN(C(=O)C(COCc2cccnc2)NC(=O)c2cccnc2Oc2ccc(Cl)cc2)CC1. The number of rotatable bonds is 9. The number of aromatic nitrogens is 2. The summed E-state index contributed by atoms with van der Waals surface area (Å²) in [6.45, 7) is 2.99. The number of nitrogens with one attached hydrogen (secondary N) is 1. The normalized spacial score (nSPS) is 14.8. The van der Waals surface area contributed by atoms with Gasteiger partial charge in [0.05, 0.1) is 13.2 Å². The molecule has 1 aromatic carbocycles. The van der Waals surface area contributed by atoms with E-state index in [9.17, 15) is 9.59 Å². The van der Waals surface area contributed by atoms with Crippen LogP contribution in [0.3, 0.4) is 0 Å².